The van der Waals surface area contributed by atoms with E-state index >= 15 is 0 Å². The van der Waals surface area contributed by atoms with Crippen LogP contribution in [0.5, 0.6) is 0 Å². The van der Waals surface area contributed by atoms with Crippen LogP contribution in [-0.2, 0) is 17.8 Å². The Kier molecular flexibility index (Phi) is 2.66. The van der Waals surface area contributed by atoms with Crippen molar-refractivity contribution in [3.05, 3.63) is 35.4 Å². The fourth-order valence-electron chi connectivity index (χ4n) is 1.78. The Morgan fingerprint density at radius 2 is 2.20 bits per heavy atom. The van der Waals surface area contributed by atoms with Crippen LogP contribution in [0.15, 0.2) is 24.3 Å². The molecule has 1 heterocycles. The molecule has 1 amide bonds. The lowest BCUT2D eigenvalue weighted by molar-refractivity contribution is -0.122. The molecule has 0 aromatic heterocycles. The highest BCUT2D eigenvalue weighted by Gasteiger charge is 2.23. The Morgan fingerprint density at radius 1 is 1.47 bits per heavy atom. The maximum Gasteiger partial charge on any atom is 0.250 e. The number of nitriles is 1. The summed E-state index contributed by atoms with van der Waals surface area (Å²) < 4.78 is 0. The number of hydrogen-bond acceptors (Lipinski definition) is 3. The molecule has 0 radical (unpaired) electrons. The van der Waals surface area contributed by atoms with Crippen molar-refractivity contribution in [2.75, 3.05) is 0 Å². The highest BCUT2D eigenvalue weighted by molar-refractivity contribution is 5.83. The zero-order chi connectivity index (χ0) is 10.7. The van der Waals surface area contributed by atoms with Crippen LogP contribution in [0.2, 0.25) is 0 Å². The third-order valence-corrected chi connectivity index (χ3v) is 2.58. The van der Waals surface area contributed by atoms with Gasteiger partial charge in [-0.2, -0.15) is 5.26 Å². The fraction of sp³-hybridized carbons (Fsp3) is 0.273. The normalized spacial score (nSPS) is 18.7. The Balaban J connectivity index is 2.12. The van der Waals surface area contributed by atoms with Crippen molar-refractivity contribution in [3.8, 4) is 6.19 Å². The summed E-state index contributed by atoms with van der Waals surface area (Å²) in [6, 6.07) is 7.71. The molecule has 1 aromatic carbocycles. The molecule has 15 heavy (non-hydrogen) atoms. The van der Waals surface area contributed by atoms with Gasteiger partial charge in [-0.3, -0.25) is 10.1 Å². The Hall–Kier alpha value is -1.86. The van der Waals surface area contributed by atoms with E-state index in [2.05, 4.69) is 10.6 Å². The average Bonchev–Trinajstić information content (AvgIpc) is 2.29. The first kappa shape index (κ1) is 9.69. The van der Waals surface area contributed by atoms with Crippen molar-refractivity contribution >= 4 is 5.91 Å². The van der Waals surface area contributed by atoms with Gasteiger partial charge >= 0.3 is 0 Å². The van der Waals surface area contributed by atoms with E-state index in [0.29, 0.717) is 13.0 Å². The summed E-state index contributed by atoms with van der Waals surface area (Å²) in [5, 5.41) is 13.6. The van der Waals surface area contributed by atoms with Crippen molar-refractivity contribution in [2.24, 2.45) is 0 Å². The number of hydrogen-bond donors (Lipinski definition) is 2. The number of amides is 1. The summed E-state index contributed by atoms with van der Waals surface area (Å²) in [7, 11) is 0. The molecular weight excluding hydrogens is 190 g/mol. The van der Waals surface area contributed by atoms with Gasteiger partial charge in [0.15, 0.2) is 6.19 Å². The lowest BCUT2D eigenvalue weighted by atomic mass is 9.95. The summed E-state index contributed by atoms with van der Waals surface area (Å²) in [5.74, 6) is -0.257. The monoisotopic (exact) mass is 201 g/mol. The predicted molar refractivity (Wildman–Crippen MR) is 54.5 cm³/mol. The zero-order valence-corrected chi connectivity index (χ0v) is 8.16. The smallest absolute Gasteiger partial charge is 0.250 e. The van der Waals surface area contributed by atoms with Gasteiger partial charge in [0.05, 0.1) is 6.04 Å². The Labute approximate surface area is 87.9 Å². The molecule has 0 bridgehead atoms. The van der Waals surface area contributed by atoms with E-state index in [1.165, 1.54) is 11.1 Å². The summed E-state index contributed by atoms with van der Waals surface area (Å²) in [5.41, 5.74) is 2.40. The van der Waals surface area contributed by atoms with E-state index in [-0.39, 0.29) is 11.9 Å². The molecule has 1 aliphatic rings. The van der Waals surface area contributed by atoms with Gasteiger partial charge < -0.3 is 5.32 Å². The van der Waals surface area contributed by atoms with E-state index in [4.69, 9.17) is 5.26 Å². The van der Waals surface area contributed by atoms with Gasteiger partial charge in [0.1, 0.15) is 0 Å². The van der Waals surface area contributed by atoms with Crippen LogP contribution in [0.4, 0.5) is 0 Å². The van der Waals surface area contributed by atoms with Gasteiger partial charge in [0, 0.05) is 6.54 Å². The minimum atomic E-state index is -0.292. The highest BCUT2D eigenvalue weighted by atomic mass is 16.2. The van der Waals surface area contributed by atoms with E-state index in [1.807, 2.05) is 24.3 Å². The molecule has 0 fully saturated rings. The lowest BCUT2D eigenvalue weighted by Gasteiger charge is -2.24. The fourth-order valence-corrected chi connectivity index (χ4v) is 1.78. The second-order valence-electron chi connectivity index (χ2n) is 3.51. The maximum absolute atomic E-state index is 11.4. The Morgan fingerprint density at radius 3 is 2.93 bits per heavy atom. The summed E-state index contributed by atoms with van der Waals surface area (Å²) >= 11 is 0. The number of benzene rings is 1. The first-order valence-corrected chi connectivity index (χ1v) is 4.80. The summed E-state index contributed by atoms with van der Waals surface area (Å²) in [6.07, 6.45) is 2.29. The quantitative estimate of drug-likeness (QED) is 0.507. The first-order valence-electron chi connectivity index (χ1n) is 4.80. The number of carbonyl (C=O) groups is 1. The molecule has 1 atom stereocenters. The molecule has 1 aromatic rings. The number of nitrogens with one attached hydrogen (secondary N) is 2. The molecule has 0 saturated carbocycles. The van der Waals surface area contributed by atoms with Crippen molar-refractivity contribution in [1.82, 2.24) is 10.6 Å². The number of carbonyl (C=O) groups excluding carboxylic acids is 1. The molecule has 0 aliphatic carbocycles. The number of fused-ring (bicyclic) bond motifs is 1. The molecule has 0 saturated heterocycles. The van der Waals surface area contributed by atoms with Crippen LogP contribution in [0.3, 0.4) is 0 Å². The van der Waals surface area contributed by atoms with Gasteiger partial charge in [-0.25, -0.2) is 0 Å². The van der Waals surface area contributed by atoms with Crippen molar-refractivity contribution < 1.29 is 4.79 Å². The SMILES string of the molecule is N#CNC(=O)[C@H]1Cc2ccccc2CN1. The van der Waals surface area contributed by atoms with Crippen LogP contribution >= 0.6 is 0 Å². The molecule has 2 rings (SSSR count). The molecule has 0 spiro atoms. The van der Waals surface area contributed by atoms with E-state index in [9.17, 15) is 4.79 Å². The second-order valence-corrected chi connectivity index (χ2v) is 3.51. The van der Waals surface area contributed by atoms with Gasteiger partial charge in [-0.15, -0.1) is 0 Å². The van der Waals surface area contributed by atoms with Crippen LogP contribution in [0.1, 0.15) is 11.1 Å². The number of rotatable bonds is 1. The first-order chi connectivity index (χ1) is 7.31. The largest absolute Gasteiger partial charge is 0.301 e. The minimum Gasteiger partial charge on any atom is -0.301 e. The molecule has 76 valence electrons. The molecule has 4 heteroatoms. The van der Waals surface area contributed by atoms with Gasteiger partial charge in [0.2, 0.25) is 5.91 Å². The van der Waals surface area contributed by atoms with E-state index in [0.717, 1.165) is 0 Å². The standard InChI is InChI=1S/C11H11N3O/c12-7-14-11(15)10-5-8-3-1-2-4-9(8)6-13-10/h1-4,10,13H,5-6H2,(H,14,15)/t10-/m1/s1. The number of nitrogens with zero attached hydrogens (tertiary/aromatic N) is 1. The predicted octanol–water partition coefficient (Wildman–Crippen LogP) is 0.298. The summed E-state index contributed by atoms with van der Waals surface area (Å²) in [4.78, 5) is 11.4. The minimum absolute atomic E-state index is 0.257. The van der Waals surface area contributed by atoms with Crippen LogP contribution in [0.25, 0.3) is 0 Å². The molecule has 2 N–H and O–H groups in total. The van der Waals surface area contributed by atoms with Gasteiger partial charge in [-0.1, -0.05) is 24.3 Å². The molecule has 4 nitrogen and oxygen atoms in total. The van der Waals surface area contributed by atoms with Gasteiger partial charge in [0.25, 0.3) is 0 Å². The van der Waals surface area contributed by atoms with E-state index in [1.54, 1.807) is 6.19 Å². The zero-order valence-electron chi connectivity index (χ0n) is 8.16. The molecule has 1 aliphatic heterocycles. The van der Waals surface area contributed by atoms with Crippen LogP contribution in [0, 0.1) is 11.5 Å². The molecular formula is C11H11N3O. The Bertz CT molecular complexity index is 422. The van der Waals surface area contributed by atoms with Crippen molar-refractivity contribution in [2.45, 2.75) is 19.0 Å². The molecule has 0 unspecified atom stereocenters. The second kappa shape index (κ2) is 4.11. The van der Waals surface area contributed by atoms with Crippen molar-refractivity contribution in [3.63, 3.8) is 0 Å². The topological polar surface area (TPSA) is 64.9 Å². The highest BCUT2D eigenvalue weighted by Crippen LogP contribution is 2.15. The summed E-state index contributed by atoms with van der Waals surface area (Å²) in [6.45, 7) is 0.680. The van der Waals surface area contributed by atoms with Crippen LogP contribution < -0.4 is 10.6 Å². The van der Waals surface area contributed by atoms with Crippen LogP contribution in [-0.4, -0.2) is 11.9 Å². The van der Waals surface area contributed by atoms with E-state index < -0.39 is 0 Å². The average molecular weight is 201 g/mol. The lowest BCUT2D eigenvalue weighted by Crippen LogP contribution is -2.46. The van der Waals surface area contributed by atoms with Gasteiger partial charge in [-0.05, 0) is 17.5 Å². The van der Waals surface area contributed by atoms with Crippen molar-refractivity contribution in [1.29, 1.82) is 5.26 Å². The third-order valence-electron chi connectivity index (χ3n) is 2.58. The third kappa shape index (κ3) is 1.97. The maximum atomic E-state index is 11.4.